The first kappa shape index (κ1) is 11.4. The SMILES string of the molecule is CC(C)c1ccc(NCCCS)cc1. The molecule has 2 heteroatoms. The smallest absolute Gasteiger partial charge is 0.0340 e. The zero-order valence-corrected chi connectivity index (χ0v) is 9.85. The van der Waals surface area contributed by atoms with E-state index in [2.05, 4.69) is 56.1 Å². The summed E-state index contributed by atoms with van der Waals surface area (Å²) in [6.07, 6.45) is 1.11. The van der Waals surface area contributed by atoms with Crippen LogP contribution in [0.25, 0.3) is 0 Å². The van der Waals surface area contributed by atoms with Crippen LogP contribution in [0, 0.1) is 0 Å². The second-order valence-corrected chi connectivity index (χ2v) is 4.23. The van der Waals surface area contributed by atoms with Crippen molar-refractivity contribution in [2.24, 2.45) is 0 Å². The van der Waals surface area contributed by atoms with Gasteiger partial charge in [0.25, 0.3) is 0 Å². The molecule has 1 rings (SSSR count). The average Bonchev–Trinajstić information content (AvgIpc) is 2.19. The van der Waals surface area contributed by atoms with Gasteiger partial charge in [-0.1, -0.05) is 26.0 Å². The van der Waals surface area contributed by atoms with E-state index < -0.39 is 0 Å². The molecule has 0 saturated carbocycles. The molecule has 0 fully saturated rings. The Hall–Kier alpha value is -0.630. The summed E-state index contributed by atoms with van der Waals surface area (Å²) in [5.41, 5.74) is 2.60. The number of nitrogens with one attached hydrogen (secondary N) is 1. The van der Waals surface area contributed by atoms with Crippen molar-refractivity contribution in [3.8, 4) is 0 Å². The zero-order valence-electron chi connectivity index (χ0n) is 8.96. The Kier molecular flexibility index (Phi) is 4.88. The highest BCUT2D eigenvalue weighted by molar-refractivity contribution is 7.80. The van der Waals surface area contributed by atoms with Crippen molar-refractivity contribution in [1.29, 1.82) is 0 Å². The number of anilines is 1. The van der Waals surface area contributed by atoms with Gasteiger partial charge in [0.15, 0.2) is 0 Å². The van der Waals surface area contributed by atoms with Gasteiger partial charge in [-0.25, -0.2) is 0 Å². The van der Waals surface area contributed by atoms with Gasteiger partial charge in [-0.3, -0.25) is 0 Å². The second-order valence-electron chi connectivity index (χ2n) is 3.78. The Morgan fingerprint density at radius 2 is 1.86 bits per heavy atom. The van der Waals surface area contributed by atoms with Crippen LogP contribution in [0.1, 0.15) is 31.7 Å². The van der Waals surface area contributed by atoms with Gasteiger partial charge in [0.05, 0.1) is 0 Å². The highest BCUT2D eigenvalue weighted by Crippen LogP contribution is 2.16. The summed E-state index contributed by atoms with van der Waals surface area (Å²) in [4.78, 5) is 0. The third-order valence-corrected chi connectivity index (χ3v) is 2.56. The molecule has 0 aliphatic rings. The van der Waals surface area contributed by atoms with Crippen LogP contribution in [0.3, 0.4) is 0 Å². The van der Waals surface area contributed by atoms with Gasteiger partial charge in [0, 0.05) is 12.2 Å². The summed E-state index contributed by atoms with van der Waals surface area (Å²) >= 11 is 4.17. The van der Waals surface area contributed by atoms with Gasteiger partial charge < -0.3 is 5.32 Å². The molecular formula is C12H19NS. The van der Waals surface area contributed by atoms with Crippen LogP contribution < -0.4 is 5.32 Å². The van der Waals surface area contributed by atoms with Crippen molar-refractivity contribution in [3.63, 3.8) is 0 Å². The van der Waals surface area contributed by atoms with E-state index >= 15 is 0 Å². The third-order valence-electron chi connectivity index (χ3n) is 2.24. The molecule has 0 unspecified atom stereocenters. The number of rotatable bonds is 5. The summed E-state index contributed by atoms with van der Waals surface area (Å²) in [5.74, 6) is 1.55. The normalized spacial score (nSPS) is 10.6. The molecular weight excluding hydrogens is 190 g/mol. The van der Waals surface area contributed by atoms with E-state index in [9.17, 15) is 0 Å². The molecule has 0 aliphatic carbocycles. The lowest BCUT2D eigenvalue weighted by Gasteiger charge is -2.08. The van der Waals surface area contributed by atoms with Gasteiger partial charge in [-0.15, -0.1) is 0 Å². The predicted octanol–water partition coefficient (Wildman–Crippen LogP) is 3.54. The van der Waals surface area contributed by atoms with Crippen molar-refractivity contribution in [2.75, 3.05) is 17.6 Å². The lowest BCUT2D eigenvalue weighted by molar-refractivity contribution is 0.866. The molecule has 0 heterocycles. The lowest BCUT2D eigenvalue weighted by atomic mass is 10.0. The standard InChI is InChI=1S/C12H19NS/c1-10(2)11-4-6-12(7-5-11)13-8-3-9-14/h4-7,10,13-14H,3,8-9H2,1-2H3. The van der Waals surface area contributed by atoms with E-state index in [1.165, 1.54) is 11.3 Å². The van der Waals surface area contributed by atoms with Gasteiger partial charge in [-0.05, 0) is 35.8 Å². The van der Waals surface area contributed by atoms with E-state index in [-0.39, 0.29) is 0 Å². The minimum absolute atomic E-state index is 0.612. The van der Waals surface area contributed by atoms with Gasteiger partial charge >= 0.3 is 0 Å². The van der Waals surface area contributed by atoms with Crippen LogP contribution in [0.15, 0.2) is 24.3 Å². The Balaban J connectivity index is 2.47. The molecule has 1 aromatic rings. The molecule has 0 aliphatic heterocycles. The number of hydrogen-bond acceptors (Lipinski definition) is 2. The van der Waals surface area contributed by atoms with Crippen LogP contribution in [-0.4, -0.2) is 12.3 Å². The molecule has 78 valence electrons. The summed E-state index contributed by atoms with van der Waals surface area (Å²) < 4.78 is 0. The number of thiol groups is 1. The number of benzene rings is 1. The highest BCUT2D eigenvalue weighted by atomic mass is 32.1. The van der Waals surface area contributed by atoms with Crippen molar-refractivity contribution < 1.29 is 0 Å². The van der Waals surface area contributed by atoms with Crippen LogP contribution in [0.2, 0.25) is 0 Å². The maximum atomic E-state index is 4.17. The highest BCUT2D eigenvalue weighted by Gasteiger charge is 1.97. The fraction of sp³-hybridized carbons (Fsp3) is 0.500. The summed E-state index contributed by atoms with van der Waals surface area (Å²) in [7, 11) is 0. The fourth-order valence-corrected chi connectivity index (χ4v) is 1.46. The van der Waals surface area contributed by atoms with Crippen molar-refractivity contribution >= 4 is 18.3 Å². The summed E-state index contributed by atoms with van der Waals surface area (Å²) in [5, 5.41) is 3.36. The molecule has 0 saturated heterocycles. The van der Waals surface area contributed by atoms with Crippen molar-refractivity contribution in [1.82, 2.24) is 0 Å². The largest absolute Gasteiger partial charge is 0.385 e. The third kappa shape index (κ3) is 3.62. The summed E-state index contributed by atoms with van der Waals surface area (Å²) in [6.45, 7) is 5.43. The van der Waals surface area contributed by atoms with Gasteiger partial charge in [-0.2, -0.15) is 12.6 Å². The van der Waals surface area contributed by atoms with E-state index in [4.69, 9.17) is 0 Å². The van der Waals surface area contributed by atoms with Crippen LogP contribution in [0.4, 0.5) is 5.69 Å². The molecule has 0 amide bonds. The Morgan fingerprint density at radius 3 is 2.36 bits per heavy atom. The molecule has 1 N–H and O–H groups in total. The first-order valence-corrected chi connectivity index (χ1v) is 5.82. The quantitative estimate of drug-likeness (QED) is 0.558. The van der Waals surface area contributed by atoms with E-state index in [1.54, 1.807) is 0 Å². The van der Waals surface area contributed by atoms with Gasteiger partial charge in [0.1, 0.15) is 0 Å². The van der Waals surface area contributed by atoms with Crippen molar-refractivity contribution in [2.45, 2.75) is 26.2 Å². The maximum absolute atomic E-state index is 4.17. The lowest BCUT2D eigenvalue weighted by Crippen LogP contribution is -2.01. The van der Waals surface area contributed by atoms with E-state index in [1.807, 2.05) is 0 Å². The Labute approximate surface area is 92.3 Å². The van der Waals surface area contributed by atoms with Crippen LogP contribution in [0.5, 0.6) is 0 Å². The maximum Gasteiger partial charge on any atom is 0.0340 e. The monoisotopic (exact) mass is 209 g/mol. The zero-order chi connectivity index (χ0) is 10.4. The first-order valence-electron chi connectivity index (χ1n) is 5.18. The predicted molar refractivity (Wildman–Crippen MR) is 67.5 cm³/mol. The molecule has 1 aromatic carbocycles. The molecule has 0 atom stereocenters. The average molecular weight is 209 g/mol. The molecule has 1 nitrogen and oxygen atoms in total. The van der Waals surface area contributed by atoms with E-state index in [0.29, 0.717) is 5.92 Å². The molecule has 0 spiro atoms. The molecule has 0 bridgehead atoms. The molecule has 0 aromatic heterocycles. The topological polar surface area (TPSA) is 12.0 Å². The molecule has 14 heavy (non-hydrogen) atoms. The summed E-state index contributed by atoms with van der Waals surface area (Å²) in [6, 6.07) is 8.67. The first-order chi connectivity index (χ1) is 6.74. The Morgan fingerprint density at radius 1 is 1.21 bits per heavy atom. The van der Waals surface area contributed by atoms with Crippen molar-refractivity contribution in [3.05, 3.63) is 29.8 Å². The van der Waals surface area contributed by atoms with Crippen LogP contribution >= 0.6 is 12.6 Å². The minimum Gasteiger partial charge on any atom is -0.385 e. The second kappa shape index (κ2) is 5.97. The molecule has 0 radical (unpaired) electrons. The van der Waals surface area contributed by atoms with Gasteiger partial charge in [0.2, 0.25) is 0 Å². The Bertz CT molecular complexity index is 254. The number of hydrogen-bond donors (Lipinski definition) is 2. The van der Waals surface area contributed by atoms with Crippen LogP contribution in [-0.2, 0) is 0 Å². The minimum atomic E-state index is 0.612. The van der Waals surface area contributed by atoms with E-state index in [0.717, 1.165) is 18.7 Å². The fourth-order valence-electron chi connectivity index (χ4n) is 1.30.